The Morgan fingerprint density at radius 1 is 1.10 bits per heavy atom. The van der Waals surface area contributed by atoms with Crippen LogP contribution in [0.4, 0.5) is 15.4 Å². The SMILES string of the molecule is CCCCC(COc1cnc(Cl)c2nc(-c3nonc3N)n(CC)c12)CN(C(=O)OC(C)(C)C)C(=O)OC(C)(C)C. The normalized spacial score (nSPS) is 12.8. The van der Waals surface area contributed by atoms with E-state index in [1.54, 1.807) is 41.5 Å². The third-order valence-electron chi connectivity index (χ3n) is 5.84. The van der Waals surface area contributed by atoms with Crippen LogP contribution in [0.3, 0.4) is 0 Å². The molecule has 1 atom stereocenters. The number of carbonyl (C=O) groups excluding carboxylic acids is 2. The summed E-state index contributed by atoms with van der Waals surface area (Å²) < 4.78 is 24.0. The van der Waals surface area contributed by atoms with Crippen LogP contribution in [0, 0.1) is 5.92 Å². The Morgan fingerprint density at radius 2 is 1.73 bits per heavy atom. The van der Waals surface area contributed by atoms with E-state index in [0.717, 1.165) is 17.7 Å². The van der Waals surface area contributed by atoms with Gasteiger partial charge in [0.05, 0.1) is 12.8 Å². The van der Waals surface area contributed by atoms with Gasteiger partial charge in [0.1, 0.15) is 22.2 Å². The molecule has 0 aromatic carbocycles. The lowest BCUT2D eigenvalue weighted by atomic mass is 10.0. The Hall–Kier alpha value is -3.61. The number of halogens is 1. The lowest BCUT2D eigenvalue weighted by Crippen LogP contribution is -2.46. The molecule has 3 aromatic heterocycles. The number of nitrogens with two attached hydrogens (primary N) is 1. The predicted octanol–water partition coefficient (Wildman–Crippen LogP) is 6.09. The lowest BCUT2D eigenvalue weighted by molar-refractivity contribution is -0.00303. The fourth-order valence-corrected chi connectivity index (χ4v) is 4.25. The summed E-state index contributed by atoms with van der Waals surface area (Å²) in [6.07, 6.45) is 2.41. The van der Waals surface area contributed by atoms with Crippen molar-refractivity contribution in [1.82, 2.24) is 29.7 Å². The maximum absolute atomic E-state index is 13.1. The Balaban J connectivity index is 1.94. The molecule has 0 aliphatic rings. The first kappa shape index (κ1) is 31.9. The molecule has 0 aliphatic heterocycles. The smallest absolute Gasteiger partial charge is 0.419 e. The molecule has 0 saturated heterocycles. The number of carbonyl (C=O) groups is 2. The molecule has 226 valence electrons. The maximum atomic E-state index is 13.1. The zero-order valence-electron chi connectivity index (χ0n) is 25.0. The molecule has 3 aromatic rings. The minimum Gasteiger partial charge on any atom is -0.489 e. The molecule has 3 rings (SSSR count). The van der Waals surface area contributed by atoms with Crippen LogP contribution < -0.4 is 10.5 Å². The molecule has 0 aliphatic carbocycles. The van der Waals surface area contributed by atoms with Crippen LogP contribution in [0.2, 0.25) is 5.15 Å². The molecule has 14 heteroatoms. The van der Waals surface area contributed by atoms with Crippen LogP contribution in [0.25, 0.3) is 22.6 Å². The topological polar surface area (TPSA) is 161 Å². The number of pyridine rings is 1. The van der Waals surface area contributed by atoms with Crippen LogP contribution in [-0.2, 0) is 16.0 Å². The summed E-state index contributed by atoms with van der Waals surface area (Å²) >= 11 is 6.41. The molecule has 3 heterocycles. The number of imide groups is 1. The number of aromatic nitrogens is 5. The van der Waals surface area contributed by atoms with Crippen molar-refractivity contribution in [3.8, 4) is 17.3 Å². The average molecular weight is 594 g/mol. The molecule has 0 fully saturated rings. The van der Waals surface area contributed by atoms with E-state index >= 15 is 0 Å². The molecular weight excluding hydrogens is 554 g/mol. The van der Waals surface area contributed by atoms with E-state index < -0.39 is 23.4 Å². The second-order valence-corrected chi connectivity index (χ2v) is 12.0. The molecular formula is C27H40ClN7O6. The van der Waals surface area contributed by atoms with Crippen molar-refractivity contribution in [3.63, 3.8) is 0 Å². The standard InChI is InChI=1S/C27H40ClN7O6/c1-9-11-12-16(14-35(24(36)39-26(3,4)5)25(37)40-27(6,7)8)15-38-17-13-30-21(28)18-20(17)34(10-2)23(31-18)19-22(29)33-41-32-19/h13,16H,9-12,14-15H2,1-8H3,(H2,29,33). The van der Waals surface area contributed by atoms with E-state index in [1.807, 2.05) is 11.5 Å². The van der Waals surface area contributed by atoms with Crippen LogP contribution >= 0.6 is 11.6 Å². The third-order valence-corrected chi connectivity index (χ3v) is 6.12. The molecule has 0 radical (unpaired) electrons. The summed E-state index contributed by atoms with van der Waals surface area (Å²) in [5.74, 6) is 0.673. The van der Waals surface area contributed by atoms with Gasteiger partial charge < -0.3 is 24.5 Å². The van der Waals surface area contributed by atoms with Gasteiger partial charge in [-0.15, -0.1) is 0 Å². The van der Waals surface area contributed by atoms with Crippen molar-refractivity contribution in [2.75, 3.05) is 18.9 Å². The number of fused-ring (bicyclic) bond motifs is 1. The Labute approximate surface area is 244 Å². The van der Waals surface area contributed by atoms with Crippen molar-refractivity contribution in [3.05, 3.63) is 11.3 Å². The van der Waals surface area contributed by atoms with Crippen molar-refractivity contribution in [2.24, 2.45) is 5.92 Å². The summed E-state index contributed by atoms with van der Waals surface area (Å²) in [5.41, 5.74) is 5.60. The molecule has 0 bridgehead atoms. The number of anilines is 1. The summed E-state index contributed by atoms with van der Waals surface area (Å²) in [5, 5.41) is 7.71. The van der Waals surface area contributed by atoms with Crippen molar-refractivity contribution in [1.29, 1.82) is 0 Å². The molecule has 0 spiro atoms. The maximum Gasteiger partial charge on any atom is 0.419 e. The second kappa shape index (κ2) is 12.9. The van der Waals surface area contributed by atoms with Crippen LogP contribution in [0.1, 0.15) is 74.7 Å². The minimum absolute atomic E-state index is 0.0351. The van der Waals surface area contributed by atoms with Crippen molar-refractivity contribution >= 4 is 40.6 Å². The number of imidazole rings is 1. The second-order valence-electron chi connectivity index (χ2n) is 11.7. The van der Waals surface area contributed by atoms with Crippen molar-refractivity contribution in [2.45, 2.75) is 92.4 Å². The molecule has 0 saturated carbocycles. The fraction of sp³-hybridized carbons (Fsp3) is 0.630. The summed E-state index contributed by atoms with van der Waals surface area (Å²) in [4.78, 5) is 36.1. The Kier molecular flexibility index (Phi) is 10.1. The monoisotopic (exact) mass is 593 g/mol. The zero-order valence-corrected chi connectivity index (χ0v) is 25.7. The summed E-state index contributed by atoms with van der Waals surface area (Å²) in [6.45, 7) is 15.1. The summed E-state index contributed by atoms with van der Waals surface area (Å²) in [7, 11) is 0. The average Bonchev–Trinajstić information content (AvgIpc) is 3.45. The van der Waals surface area contributed by atoms with Gasteiger partial charge in [0.25, 0.3) is 0 Å². The highest BCUT2D eigenvalue weighted by Gasteiger charge is 2.33. The number of unbranched alkanes of at least 4 members (excludes halogenated alkanes) is 1. The van der Waals surface area contributed by atoms with E-state index in [2.05, 4.69) is 27.2 Å². The van der Waals surface area contributed by atoms with E-state index in [0.29, 0.717) is 35.6 Å². The lowest BCUT2D eigenvalue weighted by Gasteiger charge is -2.30. The first-order chi connectivity index (χ1) is 19.1. The van der Waals surface area contributed by atoms with Crippen LogP contribution in [-0.4, -0.2) is 66.3 Å². The van der Waals surface area contributed by atoms with Gasteiger partial charge in [0.15, 0.2) is 28.2 Å². The molecule has 41 heavy (non-hydrogen) atoms. The zero-order chi connectivity index (χ0) is 30.5. The molecule has 1 unspecified atom stereocenters. The van der Waals surface area contributed by atoms with E-state index in [9.17, 15) is 9.59 Å². The molecule has 13 nitrogen and oxygen atoms in total. The highest BCUT2D eigenvalue weighted by molar-refractivity contribution is 6.34. The Morgan fingerprint density at radius 3 is 2.24 bits per heavy atom. The van der Waals surface area contributed by atoms with Gasteiger partial charge in [-0.3, -0.25) is 0 Å². The van der Waals surface area contributed by atoms with Gasteiger partial charge in [-0.25, -0.2) is 29.1 Å². The number of rotatable bonds is 10. The number of amides is 2. The number of ether oxygens (including phenoxy) is 3. The van der Waals surface area contributed by atoms with E-state index in [1.165, 1.54) is 6.20 Å². The number of hydrogen-bond donors (Lipinski definition) is 1. The van der Waals surface area contributed by atoms with Gasteiger partial charge in [-0.1, -0.05) is 31.4 Å². The number of hydrogen-bond acceptors (Lipinski definition) is 11. The van der Waals surface area contributed by atoms with Crippen LogP contribution in [0.5, 0.6) is 5.75 Å². The van der Waals surface area contributed by atoms with E-state index in [4.69, 9.17) is 36.2 Å². The number of nitrogens with zero attached hydrogens (tertiary/aromatic N) is 6. The van der Waals surface area contributed by atoms with Gasteiger partial charge in [-0.2, -0.15) is 0 Å². The quantitative estimate of drug-likeness (QED) is 0.270. The minimum atomic E-state index is -0.799. The molecule has 2 amide bonds. The van der Waals surface area contributed by atoms with Crippen molar-refractivity contribution < 1.29 is 28.4 Å². The van der Waals surface area contributed by atoms with Gasteiger partial charge in [0, 0.05) is 19.0 Å². The van der Waals surface area contributed by atoms with Gasteiger partial charge in [-0.05, 0) is 65.2 Å². The largest absolute Gasteiger partial charge is 0.489 e. The highest BCUT2D eigenvalue weighted by atomic mass is 35.5. The molecule has 2 N–H and O–H groups in total. The summed E-state index contributed by atoms with van der Waals surface area (Å²) in [6, 6.07) is 0. The van der Waals surface area contributed by atoms with Gasteiger partial charge in [0.2, 0.25) is 0 Å². The Bertz CT molecular complexity index is 1330. The third kappa shape index (κ3) is 8.21. The number of aryl methyl sites for hydroxylation is 1. The predicted molar refractivity (Wildman–Crippen MR) is 154 cm³/mol. The highest BCUT2D eigenvalue weighted by Crippen LogP contribution is 2.35. The van der Waals surface area contributed by atoms with E-state index in [-0.39, 0.29) is 35.7 Å². The van der Waals surface area contributed by atoms with Gasteiger partial charge >= 0.3 is 12.2 Å². The number of nitrogen functional groups attached to an aromatic ring is 1. The first-order valence-electron chi connectivity index (χ1n) is 13.6. The first-order valence-corrected chi connectivity index (χ1v) is 14.0. The van der Waals surface area contributed by atoms with Crippen LogP contribution in [0.15, 0.2) is 10.8 Å². The fourth-order valence-electron chi connectivity index (χ4n) is 4.07.